The fourth-order valence-corrected chi connectivity index (χ4v) is 3.77. The molecular weight excluding hydrogens is 232 g/mol. The van der Waals surface area contributed by atoms with E-state index in [0.29, 0.717) is 0 Å². The maximum absolute atomic E-state index is 12.4. The summed E-state index contributed by atoms with van der Waals surface area (Å²) in [5.41, 5.74) is 2.01. The lowest BCUT2D eigenvalue weighted by Gasteiger charge is -2.20. The molecule has 90 valence electrons. The van der Waals surface area contributed by atoms with E-state index in [4.69, 9.17) is 4.74 Å². The molecule has 2 aliphatic rings. The number of hydrogen-bond acceptors (Lipinski definition) is 3. The van der Waals surface area contributed by atoms with Crippen molar-refractivity contribution in [3.8, 4) is 5.75 Å². The second-order valence-electron chi connectivity index (χ2n) is 4.61. The number of carbonyl (C=O) groups is 1. The fraction of sp³-hybridized carbons (Fsp3) is 0.500. The van der Waals surface area contributed by atoms with Crippen molar-refractivity contribution in [3.63, 3.8) is 0 Å². The van der Waals surface area contributed by atoms with Gasteiger partial charge in [0.25, 0.3) is 0 Å². The van der Waals surface area contributed by atoms with Gasteiger partial charge in [-0.05, 0) is 43.1 Å². The standard InChI is InChI=1S/C14H16O2S/c15-13(12-7-3-9-17-12)11-6-1-4-10-5-2-8-16-14(10)11/h1,4,6,12H,2-3,5,7-9H2. The van der Waals surface area contributed by atoms with Crippen molar-refractivity contribution in [2.24, 2.45) is 0 Å². The maximum atomic E-state index is 12.4. The number of carbonyl (C=O) groups excluding carboxylic acids is 1. The molecule has 0 aromatic heterocycles. The van der Waals surface area contributed by atoms with Gasteiger partial charge in [-0.1, -0.05) is 12.1 Å². The molecule has 2 heterocycles. The Kier molecular flexibility index (Phi) is 3.10. The molecule has 0 aliphatic carbocycles. The summed E-state index contributed by atoms with van der Waals surface area (Å²) in [6.45, 7) is 0.745. The van der Waals surface area contributed by atoms with Gasteiger partial charge in [0.05, 0.1) is 17.4 Å². The predicted octanol–water partition coefficient (Wildman–Crippen LogP) is 3.09. The van der Waals surface area contributed by atoms with E-state index in [1.165, 1.54) is 5.56 Å². The summed E-state index contributed by atoms with van der Waals surface area (Å²) in [4.78, 5) is 12.4. The molecule has 3 rings (SSSR count). The van der Waals surface area contributed by atoms with Gasteiger partial charge in [-0.15, -0.1) is 0 Å². The van der Waals surface area contributed by atoms with Crippen LogP contribution in [-0.2, 0) is 6.42 Å². The Morgan fingerprint density at radius 3 is 3.12 bits per heavy atom. The van der Waals surface area contributed by atoms with E-state index in [2.05, 4.69) is 6.07 Å². The number of fused-ring (bicyclic) bond motifs is 1. The third kappa shape index (κ3) is 2.08. The summed E-state index contributed by atoms with van der Waals surface area (Å²) >= 11 is 1.79. The summed E-state index contributed by atoms with van der Waals surface area (Å²) in [5, 5.41) is 0.159. The monoisotopic (exact) mass is 248 g/mol. The van der Waals surface area contributed by atoms with Gasteiger partial charge in [-0.25, -0.2) is 0 Å². The summed E-state index contributed by atoms with van der Waals surface area (Å²) < 4.78 is 5.71. The molecule has 0 spiro atoms. The Hall–Kier alpha value is -0.960. The highest BCUT2D eigenvalue weighted by Crippen LogP contribution is 2.34. The lowest BCUT2D eigenvalue weighted by molar-refractivity contribution is 0.0983. The SMILES string of the molecule is O=C(c1cccc2c1OCCC2)C1CCCS1. The molecule has 0 radical (unpaired) electrons. The minimum atomic E-state index is 0.159. The Labute approximate surface area is 106 Å². The highest BCUT2D eigenvalue weighted by atomic mass is 32.2. The van der Waals surface area contributed by atoms with E-state index in [1.807, 2.05) is 12.1 Å². The number of ether oxygens (including phenoxy) is 1. The van der Waals surface area contributed by atoms with Crippen LogP contribution in [0.3, 0.4) is 0 Å². The Morgan fingerprint density at radius 1 is 1.35 bits per heavy atom. The molecule has 1 aromatic rings. The zero-order valence-corrected chi connectivity index (χ0v) is 10.6. The van der Waals surface area contributed by atoms with Crippen molar-refractivity contribution in [1.29, 1.82) is 0 Å². The molecule has 2 nitrogen and oxygen atoms in total. The first-order chi connectivity index (χ1) is 8.36. The number of hydrogen-bond donors (Lipinski definition) is 0. The summed E-state index contributed by atoms with van der Waals surface area (Å²) in [6.07, 6.45) is 4.28. The molecule has 0 N–H and O–H groups in total. The fourth-order valence-electron chi connectivity index (χ4n) is 2.54. The first-order valence-corrected chi connectivity index (χ1v) is 7.31. The predicted molar refractivity (Wildman–Crippen MR) is 70.1 cm³/mol. The third-order valence-electron chi connectivity index (χ3n) is 3.42. The number of rotatable bonds is 2. The van der Waals surface area contributed by atoms with Gasteiger partial charge in [0, 0.05) is 0 Å². The second-order valence-corrected chi connectivity index (χ2v) is 5.92. The molecule has 3 heteroatoms. The molecule has 1 saturated heterocycles. The van der Waals surface area contributed by atoms with Crippen molar-refractivity contribution in [2.45, 2.75) is 30.9 Å². The molecule has 1 atom stereocenters. The zero-order valence-electron chi connectivity index (χ0n) is 9.78. The number of thioether (sulfide) groups is 1. The molecule has 0 bridgehead atoms. The van der Waals surface area contributed by atoms with Crippen molar-refractivity contribution < 1.29 is 9.53 Å². The number of Topliss-reactive ketones (excluding diaryl/α,β-unsaturated/α-hetero) is 1. The van der Waals surface area contributed by atoms with Crippen molar-refractivity contribution in [1.82, 2.24) is 0 Å². The van der Waals surface area contributed by atoms with E-state index in [9.17, 15) is 4.79 Å². The molecule has 1 unspecified atom stereocenters. The Morgan fingerprint density at radius 2 is 2.29 bits per heavy atom. The first-order valence-electron chi connectivity index (χ1n) is 6.27. The highest BCUT2D eigenvalue weighted by Gasteiger charge is 2.28. The molecule has 1 fully saturated rings. The summed E-state index contributed by atoms with van der Waals surface area (Å²) in [5.74, 6) is 2.24. The zero-order chi connectivity index (χ0) is 11.7. The van der Waals surface area contributed by atoms with Crippen LogP contribution < -0.4 is 4.74 Å². The van der Waals surface area contributed by atoms with E-state index in [1.54, 1.807) is 11.8 Å². The second kappa shape index (κ2) is 4.73. The normalized spacial score (nSPS) is 22.9. The van der Waals surface area contributed by atoms with E-state index >= 15 is 0 Å². The largest absolute Gasteiger partial charge is 0.493 e. The number of benzene rings is 1. The van der Waals surface area contributed by atoms with E-state index in [0.717, 1.165) is 49.4 Å². The van der Waals surface area contributed by atoms with Crippen molar-refractivity contribution in [3.05, 3.63) is 29.3 Å². The van der Waals surface area contributed by atoms with Gasteiger partial charge in [0.15, 0.2) is 5.78 Å². The van der Waals surface area contributed by atoms with E-state index < -0.39 is 0 Å². The van der Waals surface area contributed by atoms with Crippen LogP contribution in [0.1, 0.15) is 35.2 Å². The lowest BCUT2D eigenvalue weighted by atomic mass is 9.98. The Bertz CT molecular complexity index is 436. The molecule has 17 heavy (non-hydrogen) atoms. The van der Waals surface area contributed by atoms with Gasteiger partial charge in [-0.2, -0.15) is 11.8 Å². The minimum absolute atomic E-state index is 0.159. The van der Waals surface area contributed by atoms with Gasteiger partial charge in [0.1, 0.15) is 5.75 Å². The third-order valence-corrected chi connectivity index (χ3v) is 4.80. The smallest absolute Gasteiger partial charge is 0.179 e. The molecule has 2 aliphatic heterocycles. The summed E-state index contributed by atoms with van der Waals surface area (Å²) in [6, 6.07) is 5.98. The van der Waals surface area contributed by atoms with Gasteiger partial charge < -0.3 is 4.74 Å². The molecular formula is C14H16O2S. The van der Waals surface area contributed by atoms with Crippen molar-refractivity contribution >= 4 is 17.5 Å². The lowest BCUT2D eigenvalue weighted by Crippen LogP contribution is -2.18. The van der Waals surface area contributed by atoms with Gasteiger partial charge in [0.2, 0.25) is 0 Å². The summed E-state index contributed by atoms with van der Waals surface area (Å²) in [7, 11) is 0. The van der Waals surface area contributed by atoms with Crippen LogP contribution in [0, 0.1) is 0 Å². The van der Waals surface area contributed by atoms with Crippen LogP contribution in [-0.4, -0.2) is 23.4 Å². The van der Waals surface area contributed by atoms with Gasteiger partial charge in [-0.3, -0.25) is 4.79 Å². The maximum Gasteiger partial charge on any atom is 0.179 e. The van der Waals surface area contributed by atoms with Crippen LogP contribution in [0.25, 0.3) is 0 Å². The molecule has 0 amide bonds. The van der Waals surface area contributed by atoms with Crippen LogP contribution in [0.4, 0.5) is 0 Å². The quantitative estimate of drug-likeness (QED) is 0.752. The van der Waals surface area contributed by atoms with Crippen LogP contribution in [0.5, 0.6) is 5.75 Å². The average Bonchev–Trinajstić information content (AvgIpc) is 2.91. The van der Waals surface area contributed by atoms with Gasteiger partial charge >= 0.3 is 0 Å². The number of para-hydroxylation sites is 1. The number of ketones is 1. The molecule has 0 saturated carbocycles. The average molecular weight is 248 g/mol. The molecule has 1 aromatic carbocycles. The van der Waals surface area contributed by atoms with Crippen LogP contribution in [0.15, 0.2) is 18.2 Å². The Balaban J connectivity index is 1.94. The highest BCUT2D eigenvalue weighted by molar-refractivity contribution is 8.00. The first kappa shape index (κ1) is 11.1. The minimum Gasteiger partial charge on any atom is -0.493 e. The van der Waals surface area contributed by atoms with Crippen LogP contribution >= 0.6 is 11.8 Å². The number of aryl methyl sites for hydroxylation is 1. The van der Waals surface area contributed by atoms with Crippen LogP contribution in [0.2, 0.25) is 0 Å². The van der Waals surface area contributed by atoms with Crippen molar-refractivity contribution in [2.75, 3.05) is 12.4 Å². The van der Waals surface area contributed by atoms with E-state index in [-0.39, 0.29) is 11.0 Å². The topological polar surface area (TPSA) is 26.3 Å².